The van der Waals surface area contributed by atoms with Crippen LogP contribution >= 0.6 is 0 Å². The van der Waals surface area contributed by atoms with E-state index in [9.17, 15) is 9.59 Å². The Morgan fingerprint density at radius 1 is 1.29 bits per heavy atom. The lowest BCUT2D eigenvalue weighted by Crippen LogP contribution is -2.28. The van der Waals surface area contributed by atoms with Gasteiger partial charge in [0.05, 0.1) is 18.5 Å². The van der Waals surface area contributed by atoms with Crippen LogP contribution in [0.25, 0.3) is 5.69 Å². The molecular formula is C13H14N4O4. The Morgan fingerprint density at radius 2 is 2.05 bits per heavy atom. The average molecular weight is 290 g/mol. The zero-order chi connectivity index (χ0) is 15.1. The zero-order valence-corrected chi connectivity index (χ0v) is 11.1. The molecule has 21 heavy (non-hydrogen) atoms. The Labute approximate surface area is 120 Å². The number of carboxylic acid groups (broad SMARTS) is 1. The number of aromatic nitrogens is 3. The molecule has 0 aliphatic rings. The minimum atomic E-state index is -1.05. The van der Waals surface area contributed by atoms with Crippen molar-refractivity contribution in [2.24, 2.45) is 0 Å². The maximum Gasteiger partial charge on any atom is 0.329 e. The molecule has 0 unspecified atom stereocenters. The molecule has 0 saturated heterocycles. The summed E-state index contributed by atoms with van der Waals surface area (Å²) in [5.41, 5.74) is 0.929. The highest BCUT2D eigenvalue weighted by molar-refractivity contribution is 5.91. The molecule has 0 radical (unpaired) electrons. The first-order valence-electron chi connectivity index (χ1n) is 6.22. The van der Waals surface area contributed by atoms with Gasteiger partial charge in [-0.15, -0.1) is 5.10 Å². The number of para-hydroxylation sites is 1. The Kier molecular flexibility index (Phi) is 4.99. The molecule has 1 heterocycles. The SMILES string of the molecule is O=C(O)COCCNC(=O)c1cnn(-c2ccccc2)n1. The number of benzene rings is 1. The summed E-state index contributed by atoms with van der Waals surface area (Å²) in [5, 5.41) is 19.0. The second kappa shape index (κ2) is 7.15. The molecule has 0 spiro atoms. The second-order valence-electron chi connectivity index (χ2n) is 4.06. The van der Waals surface area contributed by atoms with Gasteiger partial charge in [-0.3, -0.25) is 4.79 Å². The highest BCUT2D eigenvalue weighted by Crippen LogP contribution is 2.03. The first-order chi connectivity index (χ1) is 10.2. The summed E-state index contributed by atoms with van der Waals surface area (Å²) >= 11 is 0. The summed E-state index contributed by atoms with van der Waals surface area (Å²) in [6, 6.07) is 9.21. The van der Waals surface area contributed by atoms with Gasteiger partial charge in [-0.2, -0.15) is 9.90 Å². The Balaban J connectivity index is 1.84. The molecule has 1 aromatic carbocycles. The molecule has 0 bridgehead atoms. The smallest absolute Gasteiger partial charge is 0.329 e. The van der Waals surface area contributed by atoms with Gasteiger partial charge in [-0.25, -0.2) is 4.79 Å². The predicted molar refractivity (Wildman–Crippen MR) is 72.1 cm³/mol. The number of carbonyl (C=O) groups is 2. The zero-order valence-electron chi connectivity index (χ0n) is 11.1. The van der Waals surface area contributed by atoms with Crippen LogP contribution in [0.4, 0.5) is 0 Å². The number of rotatable bonds is 7. The minimum absolute atomic E-state index is 0.116. The standard InChI is InChI=1S/C13H14N4O4/c18-12(19)9-21-7-6-14-13(20)11-8-15-17(16-11)10-4-2-1-3-5-10/h1-5,8H,6-7,9H2,(H,14,20)(H,18,19). The van der Waals surface area contributed by atoms with Gasteiger partial charge in [0.15, 0.2) is 5.69 Å². The summed E-state index contributed by atoms with van der Waals surface area (Å²) < 4.78 is 4.80. The van der Waals surface area contributed by atoms with E-state index in [0.717, 1.165) is 5.69 Å². The predicted octanol–water partition coefficient (Wildman–Crippen LogP) is 0.0983. The molecule has 2 rings (SSSR count). The van der Waals surface area contributed by atoms with Gasteiger partial charge in [-0.1, -0.05) is 18.2 Å². The fourth-order valence-electron chi connectivity index (χ4n) is 1.54. The number of carbonyl (C=O) groups excluding carboxylic acids is 1. The maximum atomic E-state index is 11.8. The lowest BCUT2D eigenvalue weighted by atomic mass is 10.3. The van der Waals surface area contributed by atoms with E-state index >= 15 is 0 Å². The second-order valence-corrected chi connectivity index (χ2v) is 4.06. The van der Waals surface area contributed by atoms with Gasteiger partial charge >= 0.3 is 5.97 Å². The molecular weight excluding hydrogens is 276 g/mol. The van der Waals surface area contributed by atoms with Crippen molar-refractivity contribution in [2.75, 3.05) is 19.8 Å². The number of amides is 1. The Hall–Kier alpha value is -2.74. The van der Waals surface area contributed by atoms with E-state index in [1.807, 2.05) is 30.3 Å². The molecule has 0 aliphatic carbocycles. The van der Waals surface area contributed by atoms with Crippen molar-refractivity contribution in [3.63, 3.8) is 0 Å². The van der Waals surface area contributed by atoms with E-state index in [1.54, 1.807) is 0 Å². The van der Waals surface area contributed by atoms with E-state index in [0.29, 0.717) is 0 Å². The fraction of sp³-hybridized carbons (Fsp3) is 0.231. The molecule has 0 aliphatic heterocycles. The number of hydrogen-bond acceptors (Lipinski definition) is 5. The third-order valence-corrected chi connectivity index (χ3v) is 2.47. The molecule has 1 aromatic heterocycles. The van der Waals surface area contributed by atoms with Crippen molar-refractivity contribution in [1.29, 1.82) is 0 Å². The van der Waals surface area contributed by atoms with E-state index in [1.165, 1.54) is 11.0 Å². The fourth-order valence-corrected chi connectivity index (χ4v) is 1.54. The van der Waals surface area contributed by atoms with Crippen LogP contribution in [0.5, 0.6) is 0 Å². The van der Waals surface area contributed by atoms with Crippen LogP contribution in [0, 0.1) is 0 Å². The minimum Gasteiger partial charge on any atom is -0.480 e. The van der Waals surface area contributed by atoms with Crippen molar-refractivity contribution < 1.29 is 19.4 Å². The molecule has 8 heteroatoms. The molecule has 110 valence electrons. The Bertz CT molecular complexity index is 612. The number of aliphatic carboxylic acids is 1. The van der Waals surface area contributed by atoms with Crippen molar-refractivity contribution in [1.82, 2.24) is 20.3 Å². The third kappa shape index (κ3) is 4.39. The van der Waals surface area contributed by atoms with Gasteiger partial charge in [-0.05, 0) is 12.1 Å². The van der Waals surface area contributed by atoms with Crippen molar-refractivity contribution >= 4 is 11.9 Å². The lowest BCUT2D eigenvalue weighted by molar-refractivity contribution is -0.142. The van der Waals surface area contributed by atoms with E-state index in [2.05, 4.69) is 15.5 Å². The first kappa shape index (κ1) is 14.7. The Morgan fingerprint density at radius 3 is 2.76 bits per heavy atom. The highest BCUT2D eigenvalue weighted by Gasteiger charge is 2.10. The van der Waals surface area contributed by atoms with Crippen LogP contribution in [-0.2, 0) is 9.53 Å². The number of nitrogens with one attached hydrogen (secondary N) is 1. The number of hydrogen-bond donors (Lipinski definition) is 2. The van der Waals surface area contributed by atoms with Crippen LogP contribution in [0.1, 0.15) is 10.5 Å². The van der Waals surface area contributed by atoms with E-state index < -0.39 is 11.9 Å². The third-order valence-electron chi connectivity index (χ3n) is 2.47. The summed E-state index contributed by atoms with van der Waals surface area (Å²) in [6.07, 6.45) is 1.36. The molecule has 2 aromatic rings. The summed E-state index contributed by atoms with van der Waals surface area (Å²) in [5.74, 6) is -1.44. The van der Waals surface area contributed by atoms with Crippen molar-refractivity contribution in [3.05, 3.63) is 42.2 Å². The normalized spacial score (nSPS) is 10.3. The van der Waals surface area contributed by atoms with Crippen LogP contribution in [0.2, 0.25) is 0 Å². The van der Waals surface area contributed by atoms with Crippen molar-refractivity contribution in [2.45, 2.75) is 0 Å². The van der Waals surface area contributed by atoms with Gasteiger partial charge in [0.1, 0.15) is 6.61 Å². The summed E-state index contributed by atoms with van der Waals surface area (Å²) in [7, 11) is 0. The van der Waals surface area contributed by atoms with E-state index in [4.69, 9.17) is 9.84 Å². The maximum absolute atomic E-state index is 11.8. The molecule has 0 fully saturated rings. The topological polar surface area (TPSA) is 106 Å². The first-order valence-corrected chi connectivity index (χ1v) is 6.22. The van der Waals surface area contributed by atoms with E-state index in [-0.39, 0.29) is 25.5 Å². The van der Waals surface area contributed by atoms with Crippen LogP contribution in [0.3, 0.4) is 0 Å². The van der Waals surface area contributed by atoms with Crippen LogP contribution in [0.15, 0.2) is 36.5 Å². The molecule has 8 nitrogen and oxygen atoms in total. The van der Waals surface area contributed by atoms with Crippen molar-refractivity contribution in [3.8, 4) is 5.69 Å². The van der Waals surface area contributed by atoms with Gasteiger partial charge in [0.2, 0.25) is 0 Å². The summed E-state index contributed by atoms with van der Waals surface area (Å²) in [6.45, 7) is -0.0742. The van der Waals surface area contributed by atoms with Crippen LogP contribution in [-0.4, -0.2) is 51.7 Å². The number of nitrogens with zero attached hydrogens (tertiary/aromatic N) is 3. The van der Waals surface area contributed by atoms with Gasteiger partial charge in [0.25, 0.3) is 5.91 Å². The highest BCUT2D eigenvalue weighted by atomic mass is 16.5. The van der Waals surface area contributed by atoms with Crippen LogP contribution < -0.4 is 5.32 Å². The lowest BCUT2D eigenvalue weighted by Gasteiger charge is -2.02. The van der Waals surface area contributed by atoms with Gasteiger partial charge < -0.3 is 15.2 Å². The van der Waals surface area contributed by atoms with Gasteiger partial charge in [0, 0.05) is 6.54 Å². The number of ether oxygens (including phenoxy) is 1. The number of carboxylic acids is 1. The quantitative estimate of drug-likeness (QED) is 0.700. The summed E-state index contributed by atoms with van der Waals surface area (Å²) in [4.78, 5) is 23.4. The molecule has 0 atom stereocenters. The molecule has 1 amide bonds. The monoisotopic (exact) mass is 290 g/mol. The molecule has 0 saturated carbocycles. The molecule has 2 N–H and O–H groups in total. The average Bonchev–Trinajstić information content (AvgIpc) is 2.97. The largest absolute Gasteiger partial charge is 0.480 e.